The first kappa shape index (κ1) is 16.5. The van der Waals surface area contributed by atoms with Crippen molar-refractivity contribution in [1.29, 1.82) is 0 Å². The van der Waals surface area contributed by atoms with Crippen LogP contribution in [0.5, 0.6) is 0 Å². The van der Waals surface area contributed by atoms with E-state index in [1.807, 2.05) is 0 Å². The molecule has 5 atom stereocenters. The summed E-state index contributed by atoms with van der Waals surface area (Å²) in [6.07, 6.45) is 13.3. The van der Waals surface area contributed by atoms with Crippen molar-refractivity contribution in [3.8, 4) is 0 Å². The van der Waals surface area contributed by atoms with Crippen molar-refractivity contribution < 1.29 is 0 Å². The molecule has 1 aliphatic carbocycles. The Kier molecular flexibility index (Phi) is 8.56. The first-order valence-electron chi connectivity index (χ1n) is 8.40. The van der Waals surface area contributed by atoms with Crippen LogP contribution in [-0.2, 0) is 0 Å². The van der Waals surface area contributed by atoms with Gasteiger partial charge in [0.1, 0.15) is 0 Å². The van der Waals surface area contributed by atoms with Crippen LogP contribution >= 0.6 is 8.58 Å². The van der Waals surface area contributed by atoms with Gasteiger partial charge in [0.25, 0.3) is 0 Å². The molecule has 5 unspecified atom stereocenters. The van der Waals surface area contributed by atoms with Gasteiger partial charge in [0, 0.05) is 0 Å². The van der Waals surface area contributed by atoms with Gasteiger partial charge in [0.15, 0.2) is 0 Å². The topological polar surface area (TPSA) is 0 Å². The maximum Gasteiger partial charge on any atom is -0.0211 e. The molecule has 0 aliphatic heterocycles. The second-order valence-corrected chi connectivity index (χ2v) is 7.76. The van der Waals surface area contributed by atoms with Crippen molar-refractivity contribution in [2.45, 2.75) is 84.2 Å². The Morgan fingerprint density at radius 2 is 1.83 bits per heavy atom. The van der Waals surface area contributed by atoms with Crippen LogP contribution in [0.2, 0.25) is 0 Å². The summed E-state index contributed by atoms with van der Waals surface area (Å²) < 4.78 is 0. The highest BCUT2D eigenvalue weighted by Crippen LogP contribution is 2.39. The van der Waals surface area contributed by atoms with E-state index in [1.54, 1.807) is 0 Å². The third-order valence-electron chi connectivity index (χ3n) is 5.31. The van der Waals surface area contributed by atoms with Gasteiger partial charge in [-0.25, -0.2) is 0 Å². The van der Waals surface area contributed by atoms with Crippen molar-refractivity contribution >= 4 is 8.58 Å². The molecule has 1 heteroatoms. The lowest BCUT2D eigenvalue weighted by molar-refractivity contribution is 0.292. The van der Waals surface area contributed by atoms with Gasteiger partial charge in [-0.15, -0.1) is 8.58 Å². The minimum Gasteiger partial charge on any atom is -0.122 e. The summed E-state index contributed by atoms with van der Waals surface area (Å²) in [5.74, 6) is 3.03. The molecule has 0 N–H and O–H groups in total. The van der Waals surface area contributed by atoms with E-state index in [9.17, 15) is 0 Å². The van der Waals surface area contributed by atoms with Gasteiger partial charge in [-0.05, 0) is 42.9 Å². The average molecular weight is 270 g/mol. The highest BCUT2D eigenvalue weighted by atomic mass is 31.1. The Balaban J connectivity index is 2.56. The van der Waals surface area contributed by atoms with Crippen molar-refractivity contribution in [1.82, 2.24) is 0 Å². The number of rotatable bonds is 5. The van der Waals surface area contributed by atoms with E-state index < -0.39 is 0 Å². The summed E-state index contributed by atoms with van der Waals surface area (Å²) in [5.41, 5.74) is 1.03. The van der Waals surface area contributed by atoms with Gasteiger partial charge in [0.2, 0.25) is 0 Å². The first-order chi connectivity index (χ1) is 8.72. The van der Waals surface area contributed by atoms with E-state index in [0.717, 1.165) is 32.0 Å². The normalized spacial score (nSPS) is 35.3. The molecule has 18 heavy (non-hydrogen) atoms. The lowest BCUT2D eigenvalue weighted by atomic mass is 9.83. The van der Waals surface area contributed by atoms with Gasteiger partial charge in [-0.2, -0.15) is 0 Å². The van der Waals surface area contributed by atoms with Crippen LogP contribution in [0.15, 0.2) is 0 Å². The van der Waals surface area contributed by atoms with Crippen molar-refractivity contribution in [3.05, 3.63) is 0 Å². The zero-order chi connectivity index (χ0) is 13.4. The quantitative estimate of drug-likeness (QED) is 0.530. The molecule has 0 nitrogen and oxygen atoms in total. The molecular weight excluding hydrogens is 235 g/mol. The van der Waals surface area contributed by atoms with Gasteiger partial charge < -0.3 is 0 Å². The Morgan fingerprint density at radius 3 is 2.44 bits per heavy atom. The smallest absolute Gasteiger partial charge is 0.0211 e. The fraction of sp³-hybridized carbons (Fsp3) is 1.00. The zero-order valence-electron chi connectivity index (χ0n) is 13.2. The Bertz CT molecular complexity index is 202. The molecule has 0 saturated heterocycles. The number of unbranched alkanes of at least 4 members (excludes halogenated alkanes) is 1. The fourth-order valence-electron chi connectivity index (χ4n) is 3.84. The largest absolute Gasteiger partial charge is 0.122 e. The fourth-order valence-corrected chi connectivity index (χ4v) is 5.13. The van der Waals surface area contributed by atoms with Gasteiger partial charge in [-0.3, -0.25) is 0 Å². The molecule has 0 heterocycles. The monoisotopic (exact) mass is 270 g/mol. The van der Waals surface area contributed by atoms with Crippen LogP contribution in [0.3, 0.4) is 0 Å². The lowest BCUT2D eigenvalue weighted by Gasteiger charge is -2.29. The van der Waals surface area contributed by atoms with Gasteiger partial charge in [0.05, 0.1) is 0 Å². The minimum absolute atomic E-state index is 0.975. The second kappa shape index (κ2) is 9.35. The summed E-state index contributed by atoms with van der Waals surface area (Å²) in [7, 11) is 1.16. The second-order valence-electron chi connectivity index (χ2n) is 6.44. The molecule has 0 aromatic heterocycles. The summed E-state index contributed by atoms with van der Waals surface area (Å²) in [4.78, 5) is 0. The molecular formula is C17H35P. The van der Waals surface area contributed by atoms with Crippen LogP contribution in [0.25, 0.3) is 0 Å². The molecule has 1 rings (SSSR count). The highest BCUT2D eigenvalue weighted by molar-refractivity contribution is 7.37. The van der Waals surface area contributed by atoms with E-state index >= 15 is 0 Å². The summed E-state index contributed by atoms with van der Waals surface area (Å²) in [5, 5.41) is 0. The van der Waals surface area contributed by atoms with E-state index in [1.165, 1.54) is 57.8 Å². The molecule has 1 aliphatic rings. The zero-order valence-corrected chi connectivity index (χ0v) is 14.2. The summed E-state index contributed by atoms with van der Waals surface area (Å²) in [6, 6.07) is 0. The SMILES string of the molecule is CCCCC1CCCC(PC)C(C)C(CC)CC1. The van der Waals surface area contributed by atoms with Gasteiger partial charge >= 0.3 is 0 Å². The van der Waals surface area contributed by atoms with E-state index in [4.69, 9.17) is 0 Å². The van der Waals surface area contributed by atoms with Crippen LogP contribution in [0.1, 0.15) is 78.6 Å². The molecule has 1 saturated carbocycles. The van der Waals surface area contributed by atoms with Gasteiger partial charge in [-0.1, -0.05) is 65.7 Å². The van der Waals surface area contributed by atoms with E-state index in [2.05, 4.69) is 27.4 Å². The Hall–Kier alpha value is 0.430. The van der Waals surface area contributed by atoms with Crippen molar-refractivity contribution in [2.24, 2.45) is 17.8 Å². The summed E-state index contributed by atoms with van der Waals surface area (Å²) in [6.45, 7) is 9.72. The average Bonchev–Trinajstić information content (AvgIpc) is 2.46. The minimum atomic E-state index is 0.975. The molecule has 0 aromatic rings. The molecule has 0 bridgehead atoms. The van der Waals surface area contributed by atoms with Crippen LogP contribution in [-0.4, -0.2) is 12.3 Å². The predicted molar refractivity (Wildman–Crippen MR) is 87.1 cm³/mol. The molecule has 0 radical (unpaired) electrons. The van der Waals surface area contributed by atoms with Crippen LogP contribution in [0, 0.1) is 17.8 Å². The molecule has 0 amide bonds. The highest BCUT2D eigenvalue weighted by Gasteiger charge is 2.26. The molecule has 108 valence electrons. The van der Waals surface area contributed by atoms with Crippen molar-refractivity contribution in [2.75, 3.05) is 6.66 Å². The number of hydrogen-bond donors (Lipinski definition) is 0. The molecule has 0 spiro atoms. The first-order valence-corrected chi connectivity index (χ1v) is 9.97. The Morgan fingerprint density at radius 1 is 1.06 bits per heavy atom. The standard InChI is InChI=1S/C17H35P/c1-5-7-9-15-10-8-11-17(18-4)14(3)16(6-2)13-12-15/h14-18H,5-13H2,1-4H3. The van der Waals surface area contributed by atoms with E-state index in [0.29, 0.717) is 0 Å². The predicted octanol–water partition coefficient (Wildman–Crippen LogP) is 6.10. The molecule has 0 aromatic carbocycles. The lowest BCUT2D eigenvalue weighted by Crippen LogP contribution is -2.21. The maximum absolute atomic E-state index is 2.54. The van der Waals surface area contributed by atoms with E-state index in [-0.39, 0.29) is 0 Å². The van der Waals surface area contributed by atoms with Crippen LogP contribution < -0.4 is 0 Å². The summed E-state index contributed by atoms with van der Waals surface area (Å²) >= 11 is 0. The third-order valence-corrected chi connectivity index (χ3v) is 6.87. The van der Waals surface area contributed by atoms with Crippen molar-refractivity contribution in [3.63, 3.8) is 0 Å². The van der Waals surface area contributed by atoms with Crippen LogP contribution in [0.4, 0.5) is 0 Å². The maximum atomic E-state index is 2.54. The number of hydrogen-bond acceptors (Lipinski definition) is 0. The molecule has 1 fully saturated rings. The Labute approximate surface area is 117 Å². The third kappa shape index (κ3) is 5.20.